The van der Waals surface area contributed by atoms with Crippen molar-refractivity contribution in [2.75, 3.05) is 0 Å². The highest BCUT2D eigenvalue weighted by Crippen LogP contribution is 2.18. The Kier molecular flexibility index (Phi) is 4.30. The van der Waals surface area contributed by atoms with Gasteiger partial charge in [0, 0.05) is 30.4 Å². The van der Waals surface area contributed by atoms with E-state index in [0.29, 0.717) is 17.9 Å². The van der Waals surface area contributed by atoms with Crippen molar-refractivity contribution in [2.24, 2.45) is 0 Å². The van der Waals surface area contributed by atoms with Gasteiger partial charge in [0.05, 0.1) is 5.69 Å². The minimum atomic E-state index is -0.231. The molecule has 3 aromatic heterocycles. The van der Waals surface area contributed by atoms with E-state index < -0.39 is 0 Å². The van der Waals surface area contributed by atoms with Crippen molar-refractivity contribution in [2.45, 2.75) is 13.5 Å². The van der Waals surface area contributed by atoms with Crippen LogP contribution in [0.15, 0.2) is 71.8 Å². The van der Waals surface area contributed by atoms with Crippen molar-refractivity contribution in [1.29, 1.82) is 0 Å². The smallest absolute Gasteiger partial charge is 0.268 e. The van der Waals surface area contributed by atoms with Crippen LogP contribution in [0.3, 0.4) is 0 Å². The summed E-state index contributed by atoms with van der Waals surface area (Å²) in [5, 5.41) is 3.67. The van der Waals surface area contributed by atoms with Crippen molar-refractivity contribution in [3.8, 4) is 5.69 Å². The van der Waals surface area contributed by atoms with E-state index in [1.54, 1.807) is 29.1 Å². The van der Waals surface area contributed by atoms with Gasteiger partial charge in [-0.2, -0.15) is 0 Å². The number of H-pyrrole nitrogens is 1. The molecule has 6 nitrogen and oxygen atoms in total. The topological polar surface area (TPSA) is 79.8 Å². The van der Waals surface area contributed by atoms with Gasteiger partial charge in [0.2, 0.25) is 0 Å². The van der Waals surface area contributed by atoms with Crippen LogP contribution in [0.2, 0.25) is 0 Å². The Morgan fingerprint density at radius 3 is 2.56 bits per heavy atom. The molecule has 0 aliphatic carbocycles. The lowest BCUT2D eigenvalue weighted by Crippen LogP contribution is -2.23. The molecule has 0 saturated carbocycles. The van der Waals surface area contributed by atoms with Crippen LogP contribution in [-0.2, 0) is 6.54 Å². The highest BCUT2D eigenvalue weighted by atomic mass is 16.2. The maximum Gasteiger partial charge on any atom is 0.268 e. The van der Waals surface area contributed by atoms with E-state index in [9.17, 15) is 9.59 Å². The van der Waals surface area contributed by atoms with Gasteiger partial charge in [-0.25, -0.2) is 0 Å². The number of aromatic amines is 1. The standard InChI is InChI=1S/C21H18N4O2/c1-14-2-5-17(6-3-14)25-19(26)7-4-16-12-18(24-20(16)25)21(27)23-13-15-8-10-22-11-9-15/h2-12,24H,13H2,1H3,(H,23,27). The molecule has 6 heteroatoms. The number of aromatic nitrogens is 3. The number of carbonyl (C=O) groups excluding carboxylic acids is 1. The Morgan fingerprint density at radius 2 is 1.81 bits per heavy atom. The van der Waals surface area contributed by atoms with Gasteiger partial charge >= 0.3 is 0 Å². The molecule has 0 radical (unpaired) electrons. The Balaban J connectivity index is 1.68. The van der Waals surface area contributed by atoms with Crippen molar-refractivity contribution < 1.29 is 4.79 Å². The fraction of sp³-hybridized carbons (Fsp3) is 0.0952. The van der Waals surface area contributed by atoms with E-state index in [-0.39, 0.29) is 11.5 Å². The van der Waals surface area contributed by atoms with Crippen LogP contribution < -0.4 is 10.9 Å². The minimum Gasteiger partial charge on any atom is -0.347 e. The second-order valence-electron chi connectivity index (χ2n) is 6.37. The number of carbonyl (C=O) groups is 1. The summed E-state index contributed by atoms with van der Waals surface area (Å²) in [7, 11) is 0. The Morgan fingerprint density at radius 1 is 1.07 bits per heavy atom. The second-order valence-corrected chi connectivity index (χ2v) is 6.37. The van der Waals surface area contributed by atoms with E-state index >= 15 is 0 Å². The molecule has 0 aliphatic heterocycles. The summed E-state index contributed by atoms with van der Waals surface area (Å²) < 4.78 is 1.58. The zero-order valence-electron chi connectivity index (χ0n) is 14.8. The average Bonchev–Trinajstić information content (AvgIpc) is 3.12. The fourth-order valence-corrected chi connectivity index (χ4v) is 2.97. The number of benzene rings is 1. The number of aryl methyl sites for hydroxylation is 1. The van der Waals surface area contributed by atoms with E-state index in [2.05, 4.69) is 15.3 Å². The second kappa shape index (κ2) is 6.92. The number of hydrogen-bond acceptors (Lipinski definition) is 3. The predicted molar refractivity (Wildman–Crippen MR) is 104 cm³/mol. The first kappa shape index (κ1) is 16.8. The molecule has 0 fully saturated rings. The van der Waals surface area contributed by atoms with Crippen LogP contribution in [0, 0.1) is 6.92 Å². The summed E-state index contributed by atoms with van der Waals surface area (Å²) in [5.41, 5.74) is 3.68. The third-order valence-electron chi connectivity index (χ3n) is 4.42. The molecule has 4 rings (SSSR count). The number of hydrogen-bond donors (Lipinski definition) is 2. The van der Waals surface area contributed by atoms with E-state index in [1.165, 1.54) is 6.07 Å². The number of amides is 1. The van der Waals surface area contributed by atoms with Gasteiger partial charge < -0.3 is 10.3 Å². The molecule has 0 unspecified atom stereocenters. The summed E-state index contributed by atoms with van der Waals surface area (Å²) >= 11 is 0. The van der Waals surface area contributed by atoms with Gasteiger partial charge in [-0.15, -0.1) is 0 Å². The molecule has 134 valence electrons. The van der Waals surface area contributed by atoms with E-state index in [1.807, 2.05) is 43.3 Å². The van der Waals surface area contributed by atoms with Gasteiger partial charge in [-0.05, 0) is 48.9 Å². The zero-order valence-corrected chi connectivity index (χ0v) is 14.8. The van der Waals surface area contributed by atoms with Crippen LogP contribution in [0.5, 0.6) is 0 Å². The Bertz CT molecular complexity index is 1160. The molecule has 1 aromatic carbocycles. The van der Waals surface area contributed by atoms with Crippen molar-refractivity contribution in [3.05, 3.63) is 94.2 Å². The third-order valence-corrected chi connectivity index (χ3v) is 4.42. The first-order valence-electron chi connectivity index (χ1n) is 8.61. The number of nitrogens with one attached hydrogen (secondary N) is 2. The maximum absolute atomic E-state index is 12.5. The number of fused-ring (bicyclic) bond motifs is 1. The zero-order chi connectivity index (χ0) is 18.8. The molecule has 0 aliphatic rings. The molecular formula is C21H18N4O2. The van der Waals surface area contributed by atoms with Gasteiger partial charge in [0.15, 0.2) is 0 Å². The summed E-state index contributed by atoms with van der Waals surface area (Å²) in [6.45, 7) is 2.40. The van der Waals surface area contributed by atoms with Crippen LogP contribution in [0.25, 0.3) is 16.7 Å². The highest BCUT2D eigenvalue weighted by molar-refractivity contribution is 5.97. The van der Waals surface area contributed by atoms with E-state index in [0.717, 1.165) is 22.2 Å². The Labute approximate surface area is 155 Å². The molecule has 0 bridgehead atoms. The quantitative estimate of drug-likeness (QED) is 0.589. The lowest BCUT2D eigenvalue weighted by atomic mass is 10.2. The SMILES string of the molecule is Cc1ccc(-n2c(=O)ccc3cc(C(=O)NCc4ccncc4)[nH]c32)cc1. The summed E-state index contributed by atoms with van der Waals surface area (Å²) in [6, 6.07) is 16.4. The van der Waals surface area contributed by atoms with Crippen LogP contribution in [-0.4, -0.2) is 20.4 Å². The first-order chi connectivity index (χ1) is 13.1. The van der Waals surface area contributed by atoms with Crippen LogP contribution in [0.1, 0.15) is 21.6 Å². The fourth-order valence-electron chi connectivity index (χ4n) is 2.97. The molecule has 3 heterocycles. The molecule has 27 heavy (non-hydrogen) atoms. The number of pyridine rings is 2. The maximum atomic E-state index is 12.5. The largest absolute Gasteiger partial charge is 0.347 e. The monoisotopic (exact) mass is 358 g/mol. The molecule has 0 atom stereocenters. The van der Waals surface area contributed by atoms with Gasteiger partial charge in [-0.3, -0.25) is 19.1 Å². The molecule has 0 spiro atoms. The lowest BCUT2D eigenvalue weighted by Gasteiger charge is -2.07. The van der Waals surface area contributed by atoms with Gasteiger partial charge in [-0.1, -0.05) is 17.7 Å². The Hall–Kier alpha value is -3.67. The summed E-state index contributed by atoms with van der Waals surface area (Å²) in [4.78, 5) is 32.0. The third kappa shape index (κ3) is 3.37. The molecule has 1 amide bonds. The van der Waals surface area contributed by atoms with Gasteiger partial charge in [0.1, 0.15) is 11.3 Å². The highest BCUT2D eigenvalue weighted by Gasteiger charge is 2.13. The van der Waals surface area contributed by atoms with Crippen LogP contribution >= 0.6 is 0 Å². The summed E-state index contributed by atoms with van der Waals surface area (Å²) in [5.74, 6) is -0.231. The number of rotatable bonds is 4. The summed E-state index contributed by atoms with van der Waals surface area (Å²) in [6.07, 6.45) is 3.37. The number of nitrogens with zero attached hydrogens (tertiary/aromatic N) is 2. The average molecular weight is 358 g/mol. The molecule has 4 aromatic rings. The minimum absolute atomic E-state index is 0.156. The van der Waals surface area contributed by atoms with Crippen LogP contribution in [0.4, 0.5) is 0 Å². The van der Waals surface area contributed by atoms with E-state index in [4.69, 9.17) is 0 Å². The lowest BCUT2D eigenvalue weighted by molar-refractivity contribution is 0.0946. The van der Waals surface area contributed by atoms with Crippen molar-refractivity contribution in [1.82, 2.24) is 19.9 Å². The first-order valence-corrected chi connectivity index (χ1v) is 8.61. The normalized spacial score (nSPS) is 10.9. The molecule has 0 saturated heterocycles. The van der Waals surface area contributed by atoms with Crippen molar-refractivity contribution in [3.63, 3.8) is 0 Å². The van der Waals surface area contributed by atoms with Crippen molar-refractivity contribution >= 4 is 16.9 Å². The molecular weight excluding hydrogens is 340 g/mol. The predicted octanol–water partition coefficient (Wildman–Crippen LogP) is 2.95. The van der Waals surface area contributed by atoms with Gasteiger partial charge in [0.25, 0.3) is 11.5 Å². The molecule has 2 N–H and O–H groups in total.